The van der Waals surface area contributed by atoms with E-state index in [0.29, 0.717) is 11.5 Å². The molecular formula is C11H16F3N3. The first kappa shape index (κ1) is 13.6. The Morgan fingerprint density at radius 3 is 2.41 bits per heavy atom. The summed E-state index contributed by atoms with van der Waals surface area (Å²) >= 11 is 0. The Bertz CT molecular complexity index is 388. The van der Waals surface area contributed by atoms with E-state index in [9.17, 15) is 13.2 Å². The van der Waals surface area contributed by atoms with Gasteiger partial charge in [-0.05, 0) is 32.4 Å². The lowest BCUT2D eigenvalue weighted by molar-refractivity contribution is -0.120. The summed E-state index contributed by atoms with van der Waals surface area (Å²) in [5.74, 6) is 0.295. The number of rotatable bonds is 3. The van der Waals surface area contributed by atoms with E-state index >= 15 is 0 Å². The average Bonchev–Trinajstić information content (AvgIpc) is 2.17. The zero-order valence-corrected chi connectivity index (χ0v) is 10.0. The molecule has 0 aliphatic carbocycles. The third-order valence-corrected chi connectivity index (χ3v) is 2.40. The van der Waals surface area contributed by atoms with E-state index in [0.717, 1.165) is 5.56 Å². The van der Waals surface area contributed by atoms with Crippen LogP contribution in [0.2, 0.25) is 0 Å². The van der Waals surface area contributed by atoms with Gasteiger partial charge in [-0.25, -0.2) is 4.98 Å². The number of hydrogen-bond acceptors (Lipinski definition) is 3. The van der Waals surface area contributed by atoms with Crippen LogP contribution in [-0.2, 0) is 0 Å². The first-order valence-electron chi connectivity index (χ1n) is 5.26. The van der Waals surface area contributed by atoms with Gasteiger partial charge in [-0.1, -0.05) is 0 Å². The van der Waals surface area contributed by atoms with Crippen molar-refractivity contribution in [3.63, 3.8) is 0 Å². The minimum atomic E-state index is -4.25. The van der Waals surface area contributed by atoms with Gasteiger partial charge in [0.05, 0.1) is 11.9 Å². The van der Waals surface area contributed by atoms with Crippen LogP contribution in [0.25, 0.3) is 0 Å². The highest BCUT2D eigenvalue weighted by atomic mass is 19.4. The number of nitrogens with two attached hydrogens (primary N) is 1. The molecule has 1 rings (SSSR count). The van der Waals surface area contributed by atoms with Crippen LogP contribution < -0.4 is 10.6 Å². The molecule has 1 aromatic rings. The molecule has 0 aliphatic heterocycles. The summed E-state index contributed by atoms with van der Waals surface area (Å²) in [5, 5.41) is 0. The first-order valence-corrected chi connectivity index (χ1v) is 5.26. The monoisotopic (exact) mass is 247 g/mol. The van der Waals surface area contributed by atoms with E-state index in [2.05, 4.69) is 4.98 Å². The number of hydrogen-bond donors (Lipinski definition) is 1. The molecule has 0 atom stereocenters. The molecule has 0 amide bonds. The zero-order chi connectivity index (χ0) is 13.2. The molecule has 17 heavy (non-hydrogen) atoms. The van der Waals surface area contributed by atoms with Gasteiger partial charge in [-0.2, -0.15) is 13.2 Å². The maximum Gasteiger partial charge on any atom is 0.405 e. The number of anilines is 2. The van der Waals surface area contributed by atoms with Gasteiger partial charge in [0, 0.05) is 6.04 Å². The first-order chi connectivity index (χ1) is 7.70. The standard InChI is InChI=1S/C11H16F3N3/c1-7(2)17(6-11(12,13)14)10-4-8(3)9(15)5-16-10/h4-5,7H,6,15H2,1-3H3. The summed E-state index contributed by atoms with van der Waals surface area (Å²) in [4.78, 5) is 5.15. The summed E-state index contributed by atoms with van der Waals surface area (Å²) in [7, 11) is 0. The fourth-order valence-electron chi connectivity index (χ4n) is 1.43. The Hall–Kier alpha value is -1.46. The van der Waals surface area contributed by atoms with E-state index < -0.39 is 12.7 Å². The van der Waals surface area contributed by atoms with Crippen LogP contribution in [-0.4, -0.2) is 23.7 Å². The summed E-state index contributed by atoms with van der Waals surface area (Å²) in [6, 6.07) is 1.29. The Balaban J connectivity index is 3.02. The highest BCUT2D eigenvalue weighted by molar-refractivity contribution is 5.52. The molecule has 0 saturated carbocycles. The fraction of sp³-hybridized carbons (Fsp3) is 0.545. The minimum absolute atomic E-state index is 0.285. The van der Waals surface area contributed by atoms with E-state index in [1.165, 1.54) is 11.1 Å². The largest absolute Gasteiger partial charge is 0.405 e. The highest BCUT2D eigenvalue weighted by Gasteiger charge is 2.32. The van der Waals surface area contributed by atoms with Crippen LogP contribution in [0.3, 0.4) is 0 Å². The van der Waals surface area contributed by atoms with Gasteiger partial charge in [0.2, 0.25) is 0 Å². The maximum absolute atomic E-state index is 12.4. The zero-order valence-electron chi connectivity index (χ0n) is 10.0. The normalized spacial score (nSPS) is 11.9. The topological polar surface area (TPSA) is 42.2 Å². The van der Waals surface area contributed by atoms with Crippen molar-refractivity contribution in [1.82, 2.24) is 4.98 Å². The van der Waals surface area contributed by atoms with Crippen molar-refractivity contribution < 1.29 is 13.2 Å². The van der Waals surface area contributed by atoms with Crippen LogP contribution in [0.1, 0.15) is 19.4 Å². The molecule has 1 heterocycles. The Kier molecular flexibility index (Phi) is 3.85. The second kappa shape index (κ2) is 4.81. The van der Waals surface area contributed by atoms with E-state index in [4.69, 9.17) is 5.73 Å². The number of nitrogen functional groups attached to an aromatic ring is 1. The van der Waals surface area contributed by atoms with Crippen molar-refractivity contribution in [3.8, 4) is 0 Å². The highest BCUT2D eigenvalue weighted by Crippen LogP contribution is 2.24. The molecule has 0 unspecified atom stereocenters. The van der Waals surface area contributed by atoms with Crippen molar-refractivity contribution in [2.24, 2.45) is 0 Å². The van der Waals surface area contributed by atoms with Crippen molar-refractivity contribution in [1.29, 1.82) is 0 Å². The van der Waals surface area contributed by atoms with Gasteiger partial charge in [0.25, 0.3) is 0 Å². The lowest BCUT2D eigenvalue weighted by atomic mass is 10.2. The minimum Gasteiger partial charge on any atom is -0.397 e. The molecular weight excluding hydrogens is 231 g/mol. The summed E-state index contributed by atoms with van der Waals surface area (Å²) in [6.07, 6.45) is -2.86. The molecule has 0 saturated heterocycles. The Morgan fingerprint density at radius 2 is 2.00 bits per heavy atom. The van der Waals surface area contributed by atoms with Crippen molar-refractivity contribution >= 4 is 11.5 Å². The molecule has 96 valence electrons. The van der Waals surface area contributed by atoms with Crippen LogP contribution in [0.15, 0.2) is 12.3 Å². The number of nitrogens with zero attached hydrogens (tertiary/aromatic N) is 2. The van der Waals surface area contributed by atoms with Gasteiger partial charge >= 0.3 is 6.18 Å². The predicted molar refractivity (Wildman–Crippen MR) is 61.9 cm³/mol. The van der Waals surface area contributed by atoms with Gasteiger partial charge < -0.3 is 10.6 Å². The molecule has 0 fully saturated rings. The van der Waals surface area contributed by atoms with Crippen LogP contribution in [0, 0.1) is 6.92 Å². The molecule has 0 aromatic carbocycles. The molecule has 0 spiro atoms. The second-order valence-electron chi connectivity index (χ2n) is 4.24. The molecule has 3 nitrogen and oxygen atoms in total. The number of alkyl halides is 3. The smallest absolute Gasteiger partial charge is 0.397 e. The fourth-order valence-corrected chi connectivity index (χ4v) is 1.43. The van der Waals surface area contributed by atoms with Gasteiger partial charge in [-0.3, -0.25) is 0 Å². The van der Waals surface area contributed by atoms with E-state index in [1.54, 1.807) is 26.8 Å². The molecule has 0 aliphatic rings. The van der Waals surface area contributed by atoms with Crippen molar-refractivity contribution in [2.75, 3.05) is 17.2 Å². The number of halogens is 3. The van der Waals surface area contributed by atoms with Crippen molar-refractivity contribution in [2.45, 2.75) is 33.0 Å². The SMILES string of the molecule is Cc1cc(N(CC(F)(F)F)C(C)C)ncc1N. The number of aryl methyl sites for hydroxylation is 1. The van der Waals surface area contributed by atoms with Crippen LogP contribution >= 0.6 is 0 Å². The maximum atomic E-state index is 12.4. The van der Waals surface area contributed by atoms with Gasteiger partial charge in [-0.15, -0.1) is 0 Å². The lowest BCUT2D eigenvalue weighted by Crippen LogP contribution is -2.39. The number of pyridine rings is 1. The van der Waals surface area contributed by atoms with E-state index in [1.807, 2.05) is 0 Å². The molecule has 2 N–H and O–H groups in total. The van der Waals surface area contributed by atoms with Crippen LogP contribution in [0.4, 0.5) is 24.7 Å². The second-order valence-corrected chi connectivity index (χ2v) is 4.24. The molecule has 0 radical (unpaired) electrons. The van der Waals surface area contributed by atoms with E-state index in [-0.39, 0.29) is 6.04 Å². The van der Waals surface area contributed by atoms with Gasteiger partial charge in [0.15, 0.2) is 0 Å². The number of aromatic nitrogens is 1. The average molecular weight is 247 g/mol. The molecule has 1 aromatic heterocycles. The quantitative estimate of drug-likeness (QED) is 0.893. The molecule has 6 heteroatoms. The lowest BCUT2D eigenvalue weighted by Gasteiger charge is -2.29. The predicted octanol–water partition coefficient (Wildman–Crippen LogP) is 2.75. The van der Waals surface area contributed by atoms with Crippen LogP contribution in [0.5, 0.6) is 0 Å². The summed E-state index contributed by atoms with van der Waals surface area (Å²) < 4.78 is 37.3. The Labute approximate surface area is 98.4 Å². The van der Waals surface area contributed by atoms with Crippen molar-refractivity contribution in [3.05, 3.63) is 17.8 Å². The van der Waals surface area contributed by atoms with Gasteiger partial charge in [0.1, 0.15) is 12.4 Å². The third kappa shape index (κ3) is 3.80. The summed E-state index contributed by atoms with van der Waals surface area (Å²) in [5.41, 5.74) is 6.79. The Morgan fingerprint density at radius 1 is 1.41 bits per heavy atom. The third-order valence-electron chi connectivity index (χ3n) is 2.40. The molecule has 0 bridgehead atoms. The summed E-state index contributed by atoms with van der Waals surface area (Å²) in [6.45, 7) is 4.12.